The molecule has 2 rings (SSSR count). The molecule has 1 saturated carbocycles. The molecule has 1 fully saturated rings. The first-order valence-electron chi connectivity index (χ1n) is 5.68. The Kier molecular flexibility index (Phi) is 3.47. The zero-order valence-electron chi connectivity index (χ0n) is 9.33. The Morgan fingerprint density at radius 1 is 1.20 bits per heavy atom. The summed E-state index contributed by atoms with van der Waals surface area (Å²) < 4.78 is 1.16. The van der Waals surface area contributed by atoms with Crippen LogP contribution < -0.4 is 5.32 Å². The van der Waals surface area contributed by atoms with Gasteiger partial charge in [0, 0.05) is 16.6 Å². The van der Waals surface area contributed by atoms with Gasteiger partial charge in [-0.2, -0.15) is 0 Å². The van der Waals surface area contributed by atoms with Crippen LogP contribution in [0.3, 0.4) is 0 Å². The Morgan fingerprint density at radius 3 is 2.27 bits per heavy atom. The molecule has 1 unspecified atom stereocenters. The summed E-state index contributed by atoms with van der Waals surface area (Å²) in [6.07, 6.45) is 2.75. The summed E-state index contributed by atoms with van der Waals surface area (Å²) in [5.74, 6) is 0.855. The van der Waals surface area contributed by atoms with Crippen molar-refractivity contribution in [3.8, 4) is 0 Å². The maximum absolute atomic E-state index is 3.66. The van der Waals surface area contributed by atoms with Crippen molar-refractivity contribution < 1.29 is 0 Å². The molecule has 1 aromatic carbocycles. The number of benzene rings is 1. The van der Waals surface area contributed by atoms with E-state index in [2.05, 4.69) is 59.4 Å². The van der Waals surface area contributed by atoms with Crippen LogP contribution >= 0.6 is 15.9 Å². The topological polar surface area (TPSA) is 12.0 Å². The van der Waals surface area contributed by atoms with E-state index in [1.165, 1.54) is 18.4 Å². The summed E-state index contributed by atoms with van der Waals surface area (Å²) in [5.41, 5.74) is 1.43. The number of nitrogens with one attached hydrogen (secondary N) is 1. The Bertz CT molecular complexity index is 314. The van der Waals surface area contributed by atoms with Gasteiger partial charge in [0.15, 0.2) is 0 Å². The number of rotatable bonds is 4. The lowest BCUT2D eigenvalue weighted by molar-refractivity contribution is 0.436. The van der Waals surface area contributed by atoms with Gasteiger partial charge in [-0.15, -0.1) is 0 Å². The molecule has 0 spiro atoms. The van der Waals surface area contributed by atoms with Gasteiger partial charge in [-0.05, 0) is 36.5 Å². The van der Waals surface area contributed by atoms with Crippen LogP contribution in [0.2, 0.25) is 0 Å². The molecule has 0 amide bonds. The summed E-state index contributed by atoms with van der Waals surface area (Å²) in [4.78, 5) is 0. The normalized spacial score (nSPS) is 18.1. The van der Waals surface area contributed by atoms with Crippen molar-refractivity contribution in [2.75, 3.05) is 0 Å². The Labute approximate surface area is 100 Å². The first-order chi connectivity index (χ1) is 7.16. The molecule has 82 valence electrons. The molecule has 15 heavy (non-hydrogen) atoms. The van der Waals surface area contributed by atoms with Crippen molar-refractivity contribution >= 4 is 15.9 Å². The zero-order valence-corrected chi connectivity index (χ0v) is 10.9. The van der Waals surface area contributed by atoms with Crippen molar-refractivity contribution in [3.63, 3.8) is 0 Å². The van der Waals surface area contributed by atoms with E-state index in [-0.39, 0.29) is 0 Å². The number of hydrogen-bond donors (Lipinski definition) is 1. The van der Waals surface area contributed by atoms with Crippen LogP contribution in [-0.4, -0.2) is 6.04 Å². The van der Waals surface area contributed by atoms with E-state index in [0.29, 0.717) is 12.1 Å². The van der Waals surface area contributed by atoms with Crippen LogP contribution in [0.25, 0.3) is 0 Å². The lowest BCUT2D eigenvalue weighted by atomic mass is 10.0. The number of halogens is 1. The van der Waals surface area contributed by atoms with Crippen LogP contribution in [0.1, 0.15) is 38.3 Å². The monoisotopic (exact) mass is 267 g/mol. The molecule has 1 N–H and O–H groups in total. The largest absolute Gasteiger partial charge is 0.307 e. The van der Waals surface area contributed by atoms with Gasteiger partial charge >= 0.3 is 0 Å². The summed E-state index contributed by atoms with van der Waals surface area (Å²) in [6, 6.07) is 9.82. The van der Waals surface area contributed by atoms with Gasteiger partial charge in [0.2, 0.25) is 0 Å². The van der Waals surface area contributed by atoms with Gasteiger partial charge in [0.25, 0.3) is 0 Å². The van der Waals surface area contributed by atoms with E-state index in [0.717, 1.165) is 10.4 Å². The first kappa shape index (κ1) is 11.2. The Balaban J connectivity index is 2.13. The second kappa shape index (κ2) is 4.67. The van der Waals surface area contributed by atoms with Crippen LogP contribution in [0, 0.1) is 5.92 Å². The average Bonchev–Trinajstić information content (AvgIpc) is 2.99. The molecule has 0 aliphatic heterocycles. The van der Waals surface area contributed by atoms with Gasteiger partial charge in [0.05, 0.1) is 0 Å². The summed E-state index contributed by atoms with van der Waals surface area (Å²) in [7, 11) is 0. The molecule has 1 aromatic rings. The molecule has 0 saturated heterocycles. The highest BCUT2D eigenvalue weighted by Gasteiger charge is 2.32. The third-order valence-corrected chi connectivity index (χ3v) is 3.36. The smallest absolute Gasteiger partial charge is 0.0350 e. The van der Waals surface area contributed by atoms with Crippen molar-refractivity contribution in [1.29, 1.82) is 0 Å². The van der Waals surface area contributed by atoms with Crippen LogP contribution in [0.4, 0.5) is 0 Å². The van der Waals surface area contributed by atoms with Gasteiger partial charge in [-0.3, -0.25) is 0 Å². The molecule has 0 bridgehead atoms. The van der Waals surface area contributed by atoms with Crippen LogP contribution in [0.15, 0.2) is 28.7 Å². The van der Waals surface area contributed by atoms with E-state index in [1.54, 1.807) is 0 Å². The Hall–Kier alpha value is -0.340. The molecule has 0 aromatic heterocycles. The molecular formula is C13H18BrN. The van der Waals surface area contributed by atoms with E-state index in [4.69, 9.17) is 0 Å². The zero-order chi connectivity index (χ0) is 10.8. The Morgan fingerprint density at radius 2 is 1.80 bits per heavy atom. The average molecular weight is 268 g/mol. The summed E-state index contributed by atoms with van der Waals surface area (Å²) in [6.45, 7) is 4.43. The fourth-order valence-corrected chi connectivity index (χ4v) is 2.23. The van der Waals surface area contributed by atoms with Gasteiger partial charge in [-0.25, -0.2) is 0 Å². The lowest BCUT2D eigenvalue weighted by Gasteiger charge is -2.21. The van der Waals surface area contributed by atoms with Crippen molar-refractivity contribution in [1.82, 2.24) is 5.32 Å². The van der Waals surface area contributed by atoms with Gasteiger partial charge in [-0.1, -0.05) is 41.9 Å². The van der Waals surface area contributed by atoms with E-state index in [1.807, 2.05) is 0 Å². The second-order valence-corrected chi connectivity index (χ2v) is 5.60. The standard InChI is InChI=1S/C13H18BrN/c1-9(2)15-13(10-3-4-10)11-5-7-12(14)8-6-11/h5-10,13,15H,3-4H2,1-2H3. The fourth-order valence-electron chi connectivity index (χ4n) is 1.96. The van der Waals surface area contributed by atoms with E-state index in [9.17, 15) is 0 Å². The van der Waals surface area contributed by atoms with Gasteiger partial charge < -0.3 is 5.32 Å². The third kappa shape index (κ3) is 3.05. The highest BCUT2D eigenvalue weighted by atomic mass is 79.9. The molecule has 1 nitrogen and oxygen atoms in total. The molecule has 1 aliphatic carbocycles. The van der Waals surface area contributed by atoms with Crippen molar-refractivity contribution in [3.05, 3.63) is 34.3 Å². The quantitative estimate of drug-likeness (QED) is 0.873. The molecule has 2 heteroatoms. The summed E-state index contributed by atoms with van der Waals surface area (Å²) in [5, 5.41) is 3.66. The minimum atomic E-state index is 0.554. The molecule has 0 radical (unpaired) electrons. The number of hydrogen-bond acceptors (Lipinski definition) is 1. The van der Waals surface area contributed by atoms with E-state index < -0.39 is 0 Å². The third-order valence-electron chi connectivity index (χ3n) is 2.84. The maximum Gasteiger partial charge on any atom is 0.0350 e. The SMILES string of the molecule is CC(C)NC(c1ccc(Br)cc1)C1CC1. The minimum absolute atomic E-state index is 0.554. The highest BCUT2D eigenvalue weighted by Crippen LogP contribution is 2.41. The predicted molar refractivity (Wildman–Crippen MR) is 67.9 cm³/mol. The molecular weight excluding hydrogens is 250 g/mol. The van der Waals surface area contributed by atoms with Crippen molar-refractivity contribution in [2.45, 2.75) is 38.8 Å². The lowest BCUT2D eigenvalue weighted by Crippen LogP contribution is -2.29. The van der Waals surface area contributed by atoms with Gasteiger partial charge in [0.1, 0.15) is 0 Å². The molecule has 1 aliphatic rings. The maximum atomic E-state index is 3.66. The molecule has 0 heterocycles. The molecule has 1 atom stereocenters. The summed E-state index contributed by atoms with van der Waals surface area (Å²) >= 11 is 3.48. The highest BCUT2D eigenvalue weighted by molar-refractivity contribution is 9.10. The minimum Gasteiger partial charge on any atom is -0.307 e. The van der Waals surface area contributed by atoms with Crippen molar-refractivity contribution in [2.24, 2.45) is 5.92 Å². The predicted octanol–water partition coefficient (Wildman–Crippen LogP) is 3.90. The second-order valence-electron chi connectivity index (χ2n) is 4.69. The van der Waals surface area contributed by atoms with E-state index >= 15 is 0 Å². The fraction of sp³-hybridized carbons (Fsp3) is 0.538. The van der Waals surface area contributed by atoms with Crippen LogP contribution in [0.5, 0.6) is 0 Å². The van der Waals surface area contributed by atoms with Crippen LogP contribution in [-0.2, 0) is 0 Å². The first-order valence-corrected chi connectivity index (χ1v) is 6.47.